The van der Waals surface area contributed by atoms with Gasteiger partial charge in [0.05, 0.1) is 0 Å². The second-order valence-corrected chi connectivity index (χ2v) is 5.90. The van der Waals surface area contributed by atoms with Crippen molar-refractivity contribution in [2.45, 2.75) is 19.8 Å². The van der Waals surface area contributed by atoms with Crippen molar-refractivity contribution in [3.05, 3.63) is 52.8 Å². The van der Waals surface area contributed by atoms with E-state index in [1.165, 1.54) is 24.7 Å². The maximum Gasteiger partial charge on any atom is 0.255 e. The molecule has 1 fully saturated rings. The molecule has 114 valence electrons. The van der Waals surface area contributed by atoms with E-state index in [-0.39, 0.29) is 5.91 Å². The monoisotopic (exact) mass is 315 g/mol. The number of rotatable bonds is 3. The molecule has 2 heterocycles. The molecule has 0 spiro atoms. The van der Waals surface area contributed by atoms with E-state index < -0.39 is 0 Å². The first kappa shape index (κ1) is 14.9. The van der Waals surface area contributed by atoms with Crippen molar-refractivity contribution >= 4 is 28.9 Å². The Bertz CT molecular complexity index is 696. The number of carbonyl (C=O) groups excluding carboxylic acids is 1. The molecule has 1 saturated heterocycles. The van der Waals surface area contributed by atoms with Crippen molar-refractivity contribution < 1.29 is 4.79 Å². The fourth-order valence-corrected chi connectivity index (χ4v) is 2.87. The molecule has 0 aliphatic carbocycles. The molecule has 1 aliphatic rings. The van der Waals surface area contributed by atoms with Gasteiger partial charge in [0.25, 0.3) is 5.91 Å². The third-order valence-corrected chi connectivity index (χ3v) is 4.12. The van der Waals surface area contributed by atoms with Crippen LogP contribution in [-0.4, -0.2) is 24.0 Å². The zero-order valence-electron chi connectivity index (χ0n) is 12.5. The molecule has 0 saturated carbocycles. The van der Waals surface area contributed by atoms with Gasteiger partial charge >= 0.3 is 0 Å². The highest BCUT2D eigenvalue weighted by molar-refractivity contribution is 6.29. The molecule has 1 aliphatic heterocycles. The number of amides is 1. The summed E-state index contributed by atoms with van der Waals surface area (Å²) in [6.45, 7) is 4.23. The van der Waals surface area contributed by atoms with E-state index in [9.17, 15) is 4.79 Å². The fraction of sp³-hybridized carbons (Fsp3) is 0.294. The predicted octanol–water partition coefficient (Wildman–Crippen LogP) is 3.90. The Kier molecular flexibility index (Phi) is 4.29. The zero-order chi connectivity index (χ0) is 15.5. The third-order valence-electron chi connectivity index (χ3n) is 3.92. The van der Waals surface area contributed by atoms with Crippen LogP contribution in [0.1, 0.15) is 28.8 Å². The summed E-state index contributed by atoms with van der Waals surface area (Å²) in [4.78, 5) is 18.5. The smallest absolute Gasteiger partial charge is 0.255 e. The van der Waals surface area contributed by atoms with E-state index in [0.29, 0.717) is 10.7 Å². The van der Waals surface area contributed by atoms with E-state index in [1.54, 1.807) is 12.1 Å². The lowest BCUT2D eigenvalue weighted by molar-refractivity contribution is 0.102. The van der Waals surface area contributed by atoms with E-state index in [1.807, 2.05) is 13.0 Å². The van der Waals surface area contributed by atoms with Crippen LogP contribution in [0.5, 0.6) is 0 Å². The summed E-state index contributed by atoms with van der Waals surface area (Å²) < 4.78 is 0. The predicted molar refractivity (Wildman–Crippen MR) is 89.8 cm³/mol. The maximum absolute atomic E-state index is 12.3. The molecule has 1 amide bonds. The molecule has 0 unspecified atom stereocenters. The van der Waals surface area contributed by atoms with Crippen molar-refractivity contribution in [2.75, 3.05) is 23.3 Å². The highest BCUT2D eigenvalue weighted by atomic mass is 35.5. The molecule has 4 nitrogen and oxygen atoms in total. The second-order valence-electron chi connectivity index (χ2n) is 5.51. The Balaban J connectivity index is 1.76. The average Bonchev–Trinajstić information content (AvgIpc) is 3.03. The molecule has 0 atom stereocenters. The molecule has 1 aromatic carbocycles. The van der Waals surface area contributed by atoms with Gasteiger partial charge in [0, 0.05) is 36.2 Å². The first-order valence-corrected chi connectivity index (χ1v) is 7.80. The number of carbonyl (C=O) groups is 1. The SMILES string of the molecule is Cc1cc(N2CCCC2)ccc1NC(=O)c1ccnc(Cl)c1. The van der Waals surface area contributed by atoms with Gasteiger partial charge in [-0.25, -0.2) is 4.98 Å². The number of anilines is 2. The van der Waals surface area contributed by atoms with E-state index in [4.69, 9.17) is 11.6 Å². The third kappa shape index (κ3) is 3.22. The topological polar surface area (TPSA) is 45.2 Å². The molecule has 5 heteroatoms. The molecule has 1 aromatic heterocycles. The van der Waals surface area contributed by atoms with Crippen LogP contribution in [0.3, 0.4) is 0 Å². The number of nitrogens with one attached hydrogen (secondary N) is 1. The molecule has 0 radical (unpaired) electrons. The summed E-state index contributed by atoms with van der Waals surface area (Å²) in [6, 6.07) is 9.36. The zero-order valence-corrected chi connectivity index (χ0v) is 13.2. The van der Waals surface area contributed by atoms with Gasteiger partial charge in [-0.15, -0.1) is 0 Å². The van der Waals surface area contributed by atoms with Gasteiger partial charge in [0.2, 0.25) is 0 Å². The van der Waals surface area contributed by atoms with Crippen molar-refractivity contribution in [1.82, 2.24) is 4.98 Å². The Morgan fingerprint density at radius 1 is 1.23 bits per heavy atom. The lowest BCUT2D eigenvalue weighted by Gasteiger charge is -2.19. The minimum atomic E-state index is -0.179. The van der Waals surface area contributed by atoms with Gasteiger partial charge in [-0.3, -0.25) is 4.79 Å². The number of hydrogen-bond acceptors (Lipinski definition) is 3. The van der Waals surface area contributed by atoms with Gasteiger partial charge in [0.1, 0.15) is 5.15 Å². The first-order chi connectivity index (χ1) is 10.6. The quantitative estimate of drug-likeness (QED) is 0.874. The van der Waals surface area contributed by atoms with Crippen LogP contribution in [-0.2, 0) is 0 Å². The Morgan fingerprint density at radius 2 is 2.00 bits per heavy atom. The summed E-state index contributed by atoms with van der Waals surface area (Å²) in [7, 11) is 0. The Morgan fingerprint density at radius 3 is 2.68 bits per heavy atom. The highest BCUT2D eigenvalue weighted by Crippen LogP contribution is 2.25. The number of hydrogen-bond donors (Lipinski definition) is 1. The lowest BCUT2D eigenvalue weighted by atomic mass is 10.1. The standard InChI is InChI=1S/C17H18ClN3O/c1-12-10-14(21-8-2-3-9-21)4-5-15(12)20-17(22)13-6-7-19-16(18)11-13/h4-7,10-11H,2-3,8-9H2,1H3,(H,20,22). The lowest BCUT2D eigenvalue weighted by Crippen LogP contribution is -2.18. The van der Waals surface area contributed by atoms with Crippen LogP contribution in [0.15, 0.2) is 36.5 Å². The van der Waals surface area contributed by atoms with Crippen LogP contribution < -0.4 is 10.2 Å². The highest BCUT2D eigenvalue weighted by Gasteiger charge is 2.14. The van der Waals surface area contributed by atoms with Crippen LogP contribution in [0, 0.1) is 6.92 Å². The van der Waals surface area contributed by atoms with Crippen molar-refractivity contribution in [3.8, 4) is 0 Å². The number of halogens is 1. The summed E-state index contributed by atoms with van der Waals surface area (Å²) in [6.07, 6.45) is 4.03. The van der Waals surface area contributed by atoms with Crippen LogP contribution >= 0.6 is 11.6 Å². The second kappa shape index (κ2) is 6.36. The number of pyridine rings is 1. The van der Waals surface area contributed by atoms with E-state index in [0.717, 1.165) is 24.3 Å². The Labute approximate surface area is 135 Å². The largest absolute Gasteiger partial charge is 0.372 e. The maximum atomic E-state index is 12.3. The van der Waals surface area contributed by atoms with Gasteiger partial charge in [-0.2, -0.15) is 0 Å². The van der Waals surface area contributed by atoms with Gasteiger partial charge in [-0.05, 0) is 55.7 Å². The molecule has 22 heavy (non-hydrogen) atoms. The van der Waals surface area contributed by atoms with Crippen molar-refractivity contribution in [2.24, 2.45) is 0 Å². The van der Waals surface area contributed by atoms with Gasteiger partial charge in [0.15, 0.2) is 0 Å². The van der Waals surface area contributed by atoms with Crippen LogP contribution in [0.4, 0.5) is 11.4 Å². The van der Waals surface area contributed by atoms with E-state index >= 15 is 0 Å². The summed E-state index contributed by atoms with van der Waals surface area (Å²) >= 11 is 5.82. The minimum absolute atomic E-state index is 0.179. The van der Waals surface area contributed by atoms with Gasteiger partial charge < -0.3 is 10.2 Å². The number of benzene rings is 1. The molecule has 3 rings (SSSR count). The molecular formula is C17H18ClN3O. The summed E-state index contributed by atoms with van der Waals surface area (Å²) in [5, 5.41) is 3.24. The van der Waals surface area contributed by atoms with Gasteiger partial charge in [-0.1, -0.05) is 11.6 Å². The first-order valence-electron chi connectivity index (χ1n) is 7.42. The van der Waals surface area contributed by atoms with Crippen molar-refractivity contribution in [1.29, 1.82) is 0 Å². The minimum Gasteiger partial charge on any atom is -0.372 e. The number of nitrogens with zero attached hydrogens (tertiary/aromatic N) is 2. The number of aryl methyl sites for hydroxylation is 1. The normalized spacial score (nSPS) is 14.2. The van der Waals surface area contributed by atoms with Crippen LogP contribution in [0.2, 0.25) is 5.15 Å². The Hall–Kier alpha value is -2.07. The molecule has 0 bridgehead atoms. The number of aromatic nitrogens is 1. The summed E-state index contributed by atoms with van der Waals surface area (Å²) in [5.74, 6) is -0.179. The summed E-state index contributed by atoms with van der Waals surface area (Å²) in [5.41, 5.74) is 3.60. The van der Waals surface area contributed by atoms with Crippen molar-refractivity contribution in [3.63, 3.8) is 0 Å². The molecular weight excluding hydrogens is 298 g/mol. The fourth-order valence-electron chi connectivity index (χ4n) is 2.70. The van der Waals surface area contributed by atoms with Crippen LogP contribution in [0.25, 0.3) is 0 Å². The molecule has 1 N–H and O–H groups in total. The average molecular weight is 316 g/mol. The molecule has 2 aromatic rings. The van der Waals surface area contributed by atoms with E-state index in [2.05, 4.69) is 27.3 Å².